The van der Waals surface area contributed by atoms with Crippen LogP contribution < -0.4 is 0 Å². The third-order valence-corrected chi connectivity index (χ3v) is 2.75. The summed E-state index contributed by atoms with van der Waals surface area (Å²) in [6, 6.07) is 0. The maximum atomic E-state index is 8.69. The molecule has 2 atom stereocenters. The summed E-state index contributed by atoms with van der Waals surface area (Å²) in [5, 5.41) is 8.69. The molecular weight excluding hydrogens is 176 g/mol. The van der Waals surface area contributed by atoms with Crippen LogP contribution >= 0.6 is 0 Å². The Kier molecular flexibility index (Phi) is 5.20. The van der Waals surface area contributed by atoms with E-state index in [0.717, 1.165) is 19.4 Å². The van der Waals surface area contributed by atoms with Crippen LogP contribution in [0.1, 0.15) is 33.1 Å². The van der Waals surface area contributed by atoms with Crippen molar-refractivity contribution in [2.45, 2.75) is 39.2 Å². The molecule has 0 spiro atoms. The predicted octanol–water partition coefficient (Wildman–Crippen LogP) is 2.38. The lowest BCUT2D eigenvalue weighted by atomic mass is 9.87. The second-order valence-electron chi connectivity index (χ2n) is 4.33. The minimum absolute atomic E-state index is 0.246. The molecule has 14 heavy (non-hydrogen) atoms. The number of ether oxygens (including phenoxy) is 1. The molecule has 0 aromatic heterocycles. The lowest BCUT2D eigenvalue weighted by Gasteiger charge is -2.32. The minimum Gasteiger partial charge on any atom is -0.396 e. The van der Waals surface area contributed by atoms with Gasteiger partial charge in [0.15, 0.2) is 0 Å². The molecule has 1 N–H and O–H groups in total. The second kappa shape index (κ2) is 6.20. The molecule has 0 radical (unpaired) electrons. The van der Waals surface area contributed by atoms with E-state index in [-0.39, 0.29) is 6.61 Å². The van der Waals surface area contributed by atoms with Crippen LogP contribution in [0, 0.1) is 11.8 Å². The number of hydrogen-bond donors (Lipinski definition) is 1. The van der Waals surface area contributed by atoms with Gasteiger partial charge in [-0.05, 0) is 25.2 Å². The molecule has 2 heteroatoms. The van der Waals surface area contributed by atoms with Gasteiger partial charge in [-0.25, -0.2) is 0 Å². The van der Waals surface area contributed by atoms with E-state index in [0.29, 0.717) is 17.9 Å². The van der Waals surface area contributed by atoms with Gasteiger partial charge in [0.25, 0.3) is 0 Å². The number of aliphatic hydroxyl groups excluding tert-OH is 1. The normalized spacial score (nSPS) is 28.9. The van der Waals surface area contributed by atoms with Gasteiger partial charge in [-0.1, -0.05) is 26.0 Å². The minimum atomic E-state index is 0.246. The molecule has 1 rings (SSSR count). The zero-order valence-electron chi connectivity index (χ0n) is 9.28. The van der Waals surface area contributed by atoms with Crippen molar-refractivity contribution in [3.05, 3.63) is 12.2 Å². The van der Waals surface area contributed by atoms with E-state index in [1.807, 2.05) is 0 Å². The van der Waals surface area contributed by atoms with Gasteiger partial charge in [0, 0.05) is 19.1 Å². The SMILES string of the molecule is CC(C)[C@H]1OCCC[C@@H]1/C=C/CCO. The molecule has 1 aliphatic rings. The van der Waals surface area contributed by atoms with Crippen LogP contribution in [0.5, 0.6) is 0 Å². The first-order valence-corrected chi connectivity index (χ1v) is 5.65. The van der Waals surface area contributed by atoms with Gasteiger partial charge in [-0.2, -0.15) is 0 Å². The molecule has 0 aromatic rings. The Hall–Kier alpha value is -0.340. The molecule has 82 valence electrons. The number of aliphatic hydroxyl groups is 1. The number of hydrogen-bond acceptors (Lipinski definition) is 2. The van der Waals surface area contributed by atoms with E-state index in [1.54, 1.807) is 0 Å². The van der Waals surface area contributed by atoms with E-state index in [9.17, 15) is 0 Å². The van der Waals surface area contributed by atoms with Gasteiger partial charge in [-0.15, -0.1) is 0 Å². The lowest BCUT2D eigenvalue weighted by molar-refractivity contribution is -0.0377. The summed E-state index contributed by atoms with van der Waals surface area (Å²) in [4.78, 5) is 0. The molecule has 0 aromatic carbocycles. The van der Waals surface area contributed by atoms with Gasteiger partial charge in [-0.3, -0.25) is 0 Å². The van der Waals surface area contributed by atoms with Gasteiger partial charge in [0.2, 0.25) is 0 Å². The summed E-state index contributed by atoms with van der Waals surface area (Å²) in [6.45, 7) is 5.58. The van der Waals surface area contributed by atoms with Crippen molar-refractivity contribution in [2.24, 2.45) is 11.8 Å². The first-order chi connectivity index (χ1) is 6.75. The molecule has 1 aliphatic heterocycles. The van der Waals surface area contributed by atoms with E-state index in [4.69, 9.17) is 9.84 Å². The van der Waals surface area contributed by atoms with Gasteiger partial charge < -0.3 is 9.84 Å². The highest BCUT2D eigenvalue weighted by atomic mass is 16.5. The smallest absolute Gasteiger partial charge is 0.0660 e. The van der Waals surface area contributed by atoms with E-state index < -0.39 is 0 Å². The third-order valence-electron chi connectivity index (χ3n) is 2.75. The maximum Gasteiger partial charge on any atom is 0.0660 e. The van der Waals surface area contributed by atoms with Crippen LogP contribution in [0.25, 0.3) is 0 Å². The van der Waals surface area contributed by atoms with Crippen molar-refractivity contribution in [3.63, 3.8) is 0 Å². The van der Waals surface area contributed by atoms with Gasteiger partial charge in [0.05, 0.1) is 6.10 Å². The van der Waals surface area contributed by atoms with Crippen molar-refractivity contribution in [1.82, 2.24) is 0 Å². The Morgan fingerprint density at radius 3 is 2.93 bits per heavy atom. The first kappa shape index (κ1) is 11.7. The van der Waals surface area contributed by atoms with Crippen molar-refractivity contribution in [3.8, 4) is 0 Å². The zero-order valence-corrected chi connectivity index (χ0v) is 9.28. The Morgan fingerprint density at radius 2 is 2.29 bits per heavy atom. The van der Waals surface area contributed by atoms with Gasteiger partial charge in [0.1, 0.15) is 0 Å². The topological polar surface area (TPSA) is 29.5 Å². The van der Waals surface area contributed by atoms with Crippen molar-refractivity contribution in [2.75, 3.05) is 13.2 Å². The molecule has 0 amide bonds. The van der Waals surface area contributed by atoms with Crippen LogP contribution in [0.4, 0.5) is 0 Å². The lowest BCUT2D eigenvalue weighted by Crippen LogP contribution is -2.32. The second-order valence-corrected chi connectivity index (χ2v) is 4.33. The standard InChI is InChI=1S/C12H22O2/c1-10(2)12-11(6-3-4-8-13)7-5-9-14-12/h3,6,10-13H,4-5,7-9H2,1-2H3/b6-3+/t11-,12+/m0/s1. The Bertz CT molecular complexity index is 175. The van der Waals surface area contributed by atoms with Crippen LogP contribution in [0.3, 0.4) is 0 Å². The average Bonchev–Trinajstić information content (AvgIpc) is 2.19. The molecule has 1 heterocycles. The molecule has 2 nitrogen and oxygen atoms in total. The molecule has 0 saturated carbocycles. The van der Waals surface area contributed by atoms with Crippen LogP contribution in [0.15, 0.2) is 12.2 Å². The fraction of sp³-hybridized carbons (Fsp3) is 0.833. The van der Waals surface area contributed by atoms with E-state index in [1.165, 1.54) is 6.42 Å². The molecule has 0 bridgehead atoms. The fourth-order valence-electron chi connectivity index (χ4n) is 2.06. The highest BCUT2D eigenvalue weighted by molar-refractivity contribution is 4.94. The predicted molar refractivity (Wildman–Crippen MR) is 58.1 cm³/mol. The quantitative estimate of drug-likeness (QED) is 0.703. The van der Waals surface area contributed by atoms with Crippen molar-refractivity contribution >= 4 is 0 Å². The van der Waals surface area contributed by atoms with Crippen molar-refractivity contribution in [1.29, 1.82) is 0 Å². The molecule has 1 saturated heterocycles. The van der Waals surface area contributed by atoms with Crippen LogP contribution in [-0.2, 0) is 4.74 Å². The molecule has 0 unspecified atom stereocenters. The van der Waals surface area contributed by atoms with Crippen LogP contribution in [0.2, 0.25) is 0 Å². The highest BCUT2D eigenvalue weighted by Gasteiger charge is 2.26. The van der Waals surface area contributed by atoms with E-state index >= 15 is 0 Å². The average molecular weight is 198 g/mol. The molecule has 0 aliphatic carbocycles. The summed E-state index contributed by atoms with van der Waals surface area (Å²) < 4.78 is 5.77. The fourth-order valence-corrected chi connectivity index (χ4v) is 2.06. The third kappa shape index (κ3) is 3.43. The summed E-state index contributed by atoms with van der Waals surface area (Å²) in [5.74, 6) is 1.13. The summed E-state index contributed by atoms with van der Waals surface area (Å²) in [6.07, 6.45) is 7.83. The van der Waals surface area contributed by atoms with Crippen molar-refractivity contribution < 1.29 is 9.84 Å². The Balaban J connectivity index is 2.45. The molecular formula is C12H22O2. The monoisotopic (exact) mass is 198 g/mol. The van der Waals surface area contributed by atoms with Gasteiger partial charge >= 0.3 is 0 Å². The zero-order chi connectivity index (χ0) is 10.4. The van der Waals surface area contributed by atoms with E-state index in [2.05, 4.69) is 26.0 Å². The highest BCUT2D eigenvalue weighted by Crippen LogP contribution is 2.27. The van der Waals surface area contributed by atoms with Crippen LogP contribution in [-0.4, -0.2) is 24.4 Å². The molecule has 1 fully saturated rings. The largest absolute Gasteiger partial charge is 0.396 e. The summed E-state index contributed by atoms with van der Waals surface area (Å²) >= 11 is 0. The Morgan fingerprint density at radius 1 is 1.50 bits per heavy atom. The Labute approximate surface area is 87.0 Å². The first-order valence-electron chi connectivity index (χ1n) is 5.65. The number of rotatable bonds is 4. The summed E-state index contributed by atoms with van der Waals surface area (Å²) in [5.41, 5.74) is 0. The summed E-state index contributed by atoms with van der Waals surface area (Å²) in [7, 11) is 0. The maximum absolute atomic E-state index is 8.69.